The van der Waals surface area contributed by atoms with E-state index >= 15 is 0 Å². The Bertz CT molecular complexity index is 1200. The summed E-state index contributed by atoms with van der Waals surface area (Å²) in [6.45, 7) is 0.701. The number of ether oxygens (including phenoxy) is 1. The van der Waals surface area contributed by atoms with Crippen LogP contribution in [-0.2, 0) is 16.0 Å². The van der Waals surface area contributed by atoms with Crippen molar-refractivity contribution in [3.63, 3.8) is 0 Å². The largest absolute Gasteiger partial charge is 0.508 e. The number of hydrogen-bond donors (Lipinski definition) is 3. The molecule has 1 heterocycles. The first kappa shape index (κ1) is 22.5. The Morgan fingerprint density at radius 2 is 1.88 bits per heavy atom. The number of pyridine rings is 1. The molecule has 0 bridgehead atoms. The minimum absolute atomic E-state index is 0.107. The van der Waals surface area contributed by atoms with Crippen LogP contribution in [0, 0.1) is 0 Å². The fraction of sp³-hybridized carbons (Fsp3) is 0.269. The molecule has 33 heavy (non-hydrogen) atoms. The lowest BCUT2D eigenvalue weighted by Crippen LogP contribution is -2.38. The SMILES string of the molecule is COCCNC(=O)CNC(=O)c1c2c(nc3ccccc13)/C(=C/c1ccc(O)cc1)CCC2. The molecule has 1 aliphatic carbocycles. The second-order valence-corrected chi connectivity index (χ2v) is 7.97. The lowest BCUT2D eigenvalue weighted by Gasteiger charge is -2.23. The fourth-order valence-corrected chi connectivity index (χ4v) is 4.11. The highest BCUT2D eigenvalue weighted by atomic mass is 16.5. The van der Waals surface area contributed by atoms with Gasteiger partial charge in [0.1, 0.15) is 5.75 Å². The quantitative estimate of drug-likeness (QED) is 0.485. The Morgan fingerprint density at radius 3 is 2.67 bits per heavy atom. The Kier molecular flexibility index (Phi) is 7.00. The normalized spacial score (nSPS) is 14.2. The third-order valence-electron chi connectivity index (χ3n) is 5.67. The average Bonchev–Trinajstić information content (AvgIpc) is 2.83. The van der Waals surface area contributed by atoms with E-state index in [-0.39, 0.29) is 24.1 Å². The van der Waals surface area contributed by atoms with Gasteiger partial charge in [-0.15, -0.1) is 0 Å². The number of nitrogens with zero attached hydrogens (tertiary/aromatic N) is 1. The molecule has 1 aliphatic rings. The van der Waals surface area contributed by atoms with Gasteiger partial charge >= 0.3 is 0 Å². The number of allylic oxidation sites excluding steroid dienone is 1. The number of hydrogen-bond acceptors (Lipinski definition) is 5. The zero-order chi connectivity index (χ0) is 23.2. The van der Waals surface area contributed by atoms with E-state index in [0.717, 1.165) is 52.6 Å². The van der Waals surface area contributed by atoms with Gasteiger partial charge in [0.15, 0.2) is 0 Å². The van der Waals surface area contributed by atoms with E-state index in [4.69, 9.17) is 9.72 Å². The van der Waals surface area contributed by atoms with E-state index in [1.54, 1.807) is 19.2 Å². The first-order chi connectivity index (χ1) is 16.1. The van der Waals surface area contributed by atoms with Crippen molar-refractivity contribution in [3.8, 4) is 5.75 Å². The molecular weight excluding hydrogens is 418 g/mol. The van der Waals surface area contributed by atoms with Crippen LogP contribution in [0.15, 0.2) is 48.5 Å². The zero-order valence-electron chi connectivity index (χ0n) is 18.6. The number of phenols is 1. The van der Waals surface area contributed by atoms with Crippen molar-refractivity contribution < 1.29 is 19.4 Å². The monoisotopic (exact) mass is 445 g/mol. The van der Waals surface area contributed by atoms with Crippen molar-refractivity contribution >= 4 is 34.4 Å². The van der Waals surface area contributed by atoms with Crippen LogP contribution in [0.5, 0.6) is 5.75 Å². The van der Waals surface area contributed by atoms with Gasteiger partial charge in [-0.3, -0.25) is 9.59 Å². The summed E-state index contributed by atoms with van der Waals surface area (Å²) in [5.41, 5.74) is 5.06. The van der Waals surface area contributed by atoms with Crippen LogP contribution in [0.1, 0.15) is 40.0 Å². The number of carbonyl (C=O) groups is 2. The van der Waals surface area contributed by atoms with Crippen LogP contribution in [0.4, 0.5) is 0 Å². The van der Waals surface area contributed by atoms with Gasteiger partial charge in [-0.25, -0.2) is 4.98 Å². The van der Waals surface area contributed by atoms with Crippen LogP contribution in [-0.4, -0.2) is 48.7 Å². The van der Waals surface area contributed by atoms with Crippen molar-refractivity contribution in [2.24, 2.45) is 0 Å². The van der Waals surface area contributed by atoms with Crippen LogP contribution < -0.4 is 10.6 Å². The maximum atomic E-state index is 13.3. The number of rotatable bonds is 7. The molecule has 0 fully saturated rings. The van der Waals surface area contributed by atoms with Gasteiger partial charge in [0.25, 0.3) is 5.91 Å². The summed E-state index contributed by atoms with van der Waals surface area (Å²) in [6.07, 6.45) is 4.55. The molecule has 7 nitrogen and oxygen atoms in total. The maximum Gasteiger partial charge on any atom is 0.252 e. The van der Waals surface area contributed by atoms with Crippen LogP contribution >= 0.6 is 0 Å². The molecule has 2 amide bonds. The number of fused-ring (bicyclic) bond motifs is 2. The smallest absolute Gasteiger partial charge is 0.252 e. The van der Waals surface area contributed by atoms with E-state index in [2.05, 4.69) is 16.7 Å². The molecule has 0 unspecified atom stereocenters. The van der Waals surface area contributed by atoms with E-state index in [9.17, 15) is 14.7 Å². The Labute approximate surface area is 192 Å². The van der Waals surface area contributed by atoms with Gasteiger partial charge in [-0.2, -0.15) is 0 Å². The van der Waals surface area contributed by atoms with Gasteiger partial charge in [0, 0.05) is 19.0 Å². The number of methoxy groups -OCH3 is 1. The molecule has 0 saturated carbocycles. The number of para-hydroxylation sites is 1. The molecule has 4 rings (SSSR count). The van der Waals surface area contributed by atoms with E-state index in [1.165, 1.54) is 0 Å². The number of carbonyl (C=O) groups excluding carboxylic acids is 2. The summed E-state index contributed by atoms with van der Waals surface area (Å²) in [6, 6.07) is 14.6. The maximum absolute atomic E-state index is 13.3. The molecule has 170 valence electrons. The third-order valence-corrected chi connectivity index (χ3v) is 5.67. The third kappa shape index (κ3) is 5.21. The van der Waals surface area contributed by atoms with Crippen molar-refractivity contribution in [2.45, 2.75) is 19.3 Å². The Balaban J connectivity index is 1.69. The van der Waals surface area contributed by atoms with Gasteiger partial charge < -0.3 is 20.5 Å². The predicted molar refractivity (Wildman–Crippen MR) is 128 cm³/mol. The molecule has 1 aromatic heterocycles. The average molecular weight is 446 g/mol. The molecule has 3 N–H and O–H groups in total. The Hall–Kier alpha value is -3.71. The summed E-state index contributed by atoms with van der Waals surface area (Å²) >= 11 is 0. The van der Waals surface area contributed by atoms with E-state index < -0.39 is 0 Å². The standard InChI is InChI=1S/C26H27N3O4/c1-33-14-13-27-23(31)16-28-26(32)24-20-6-2-3-8-22(20)29-25-18(5-4-7-21(24)25)15-17-9-11-19(30)12-10-17/h2-3,6,8-12,15,30H,4-5,7,13-14,16H2,1H3,(H,27,31)(H,28,32)/b18-15+. The summed E-state index contributed by atoms with van der Waals surface area (Å²) in [5.74, 6) is -0.325. The predicted octanol–water partition coefficient (Wildman–Crippen LogP) is 3.31. The lowest BCUT2D eigenvalue weighted by molar-refractivity contribution is -0.120. The minimum atomic E-state index is -0.280. The van der Waals surface area contributed by atoms with Crippen molar-refractivity contribution in [1.82, 2.24) is 15.6 Å². The lowest BCUT2D eigenvalue weighted by atomic mass is 9.85. The van der Waals surface area contributed by atoms with Crippen LogP contribution in [0.2, 0.25) is 0 Å². The minimum Gasteiger partial charge on any atom is -0.508 e. The molecule has 2 aromatic carbocycles. The molecule has 7 heteroatoms. The fourth-order valence-electron chi connectivity index (χ4n) is 4.11. The summed E-state index contributed by atoms with van der Waals surface area (Å²) < 4.78 is 4.93. The van der Waals surface area contributed by atoms with Crippen molar-refractivity contribution in [1.29, 1.82) is 0 Å². The number of amides is 2. The number of aromatic nitrogens is 1. The summed E-state index contributed by atoms with van der Waals surface area (Å²) in [5, 5.41) is 15.8. The first-order valence-corrected chi connectivity index (χ1v) is 11.0. The molecule has 3 aromatic rings. The van der Waals surface area contributed by atoms with Crippen molar-refractivity contribution in [2.75, 3.05) is 26.8 Å². The summed E-state index contributed by atoms with van der Waals surface area (Å²) in [4.78, 5) is 30.2. The number of phenolic OH excluding ortho intramolecular Hbond substituents is 1. The number of aromatic hydroxyl groups is 1. The van der Waals surface area contributed by atoms with Gasteiger partial charge in [-0.05, 0) is 60.2 Å². The van der Waals surface area contributed by atoms with Crippen LogP contribution in [0.25, 0.3) is 22.6 Å². The highest BCUT2D eigenvalue weighted by Gasteiger charge is 2.25. The van der Waals surface area contributed by atoms with E-state index in [0.29, 0.717) is 18.7 Å². The van der Waals surface area contributed by atoms with Crippen LogP contribution in [0.3, 0.4) is 0 Å². The molecule has 0 aliphatic heterocycles. The molecule has 0 saturated heterocycles. The highest BCUT2D eigenvalue weighted by Crippen LogP contribution is 2.36. The topological polar surface area (TPSA) is 101 Å². The molecular formula is C26H27N3O4. The Morgan fingerprint density at radius 1 is 1.09 bits per heavy atom. The highest BCUT2D eigenvalue weighted by molar-refractivity contribution is 6.09. The zero-order valence-corrected chi connectivity index (χ0v) is 18.6. The number of nitrogens with one attached hydrogen (secondary N) is 2. The second kappa shape index (κ2) is 10.3. The molecule has 0 spiro atoms. The summed E-state index contributed by atoms with van der Waals surface area (Å²) in [7, 11) is 1.57. The number of benzene rings is 2. The van der Waals surface area contributed by atoms with E-state index in [1.807, 2.05) is 36.4 Å². The van der Waals surface area contributed by atoms with Gasteiger partial charge in [-0.1, -0.05) is 30.3 Å². The van der Waals surface area contributed by atoms with Gasteiger partial charge in [0.05, 0.1) is 29.9 Å². The van der Waals surface area contributed by atoms with Crippen molar-refractivity contribution in [3.05, 3.63) is 70.9 Å². The first-order valence-electron chi connectivity index (χ1n) is 11.0. The molecule has 0 radical (unpaired) electrons. The second-order valence-electron chi connectivity index (χ2n) is 7.97. The van der Waals surface area contributed by atoms with Gasteiger partial charge in [0.2, 0.25) is 5.91 Å². The molecule has 0 atom stereocenters.